The maximum atomic E-state index is 15.1. The molecule has 1 atom stereocenters. The van der Waals surface area contributed by atoms with Crippen LogP contribution in [0.5, 0.6) is 5.75 Å². The minimum absolute atomic E-state index is 0.167. The number of hydrogen-bond acceptors (Lipinski definition) is 2. The molecular formula is C32H29F3O2. The zero-order valence-corrected chi connectivity index (χ0v) is 20.8. The zero-order valence-electron chi connectivity index (χ0n) is 20.8. The van der Waals surface area contributed by atoms with E-state index < -0.39 is 23.6 Å². The van der Waals surface area contributed by atoms with Crippen LogP contribution in [0, 0.1) is 17.5 Å². The fourth-order valence-electron chi connectivity index (χ4n) is 4.18. The van der Waals surface area contributed by atoms with Crippen LogP contribution < -0.4 is 4.74 Å². The molecule has 4 aromatic carbocycles. The molecule has 4 rings (SSSR count). The lowest BCUT2D eigenvalue weighted by Gasteiger charge is -2.12. The molecule has 1 N–H and O–H groups in total. The van der Waals surface area contributed by atoms with E-state index in [1.165, 1.54) is 6.07 Å². The van der Waals surface area contributed by atoms with Crippen LogP contribution >= 0.6 is 0 Å². The lowest BCUT2D eigenvalue weighted by atomic mass is 9.96. The van der Waals surface area contributed by atoms with Gasteiger partial charge in [-0.25, -0.2) is 13.2 Å². The van der Waals surface area contributed by atoms with Crippen LogP contribution in [0.25, 0.3) is 34.4 Å². The SMILES string of the molecule is CCCC(O)c1ccc(-c2ccc(-c3ccc(/C=C/c4ccc(OCC)c(F)c4)cc3)c(F)c2F)cc1. The summed E-state index contributed by atoms with van der Waals surface area (Å²) in [5.41, 5.74) is 3.69. The molecule has 0 spiro atoms. The lowest BCUT2D eigenvalue weighted by Crippen LogP contribution is -1.97. The first-order chi connectivity index (χ1) is 17.9. The predicted octanol–water partition coefficient (Wildman–Crippen LogP) is 8.84. The van der Waals surface area contributed by atoms with E-state index in [-0.39, 0.29) is 16.9 Å². The van der Waals surface area contributed by atoms with Gasteiger partial charge in [0.2, 0.25) is 0 Å². The fourth-order valence-corrected chi connectivity index (χ4v) is 4.18. The summed E-state index contributed by atoms with van der Waals surface area (Å²) in [4.78, 5) is 0. The van der Waals surface area contributed by atoms with Crippen molar-refractivity contribution in [1.29, 1.82) is 0 Å². The molecule has 190 valence electrons. The first kappa shape index (κ1) is 26.2. The van der Waals surface area contributed by atoms with Crippen LogP contribution in [0.4, 0.5) is 13.2 Å². The maximum Gasteiger partial charge on any atom is 0.167 e. The van der Waals surface area contributed by atoms with Gasteiger partial charge >= 0.3 is 0 Å². The van der Waals surface area contributed by atoms with Crippen molar-refractivity contribution >= 4 is 12.2 Å². The largest absolute Gasteiger partial charge is 0.491 e. The molecular weight excluding hydrogens is 473 g/mol. The summed E-state index contributed by atoms with van der Waals surface area (Å²) in [6, 6.07) is 21.8. The number of hydrogen-bond donors (Lipinski definition) is 1. The van der Waals surface area contributed by atoms with Gasteiger partial charge < -0.3 is 9.84 Å². The topological polar surface area (TPSA) is 29.5 Å². The number of halogens is 3. The molecule has 0 aliphatic carbocycles. The Morgan fingerprint density at radius 2 is 1.27 bits per heavy atom. The summed E-state index contributed by atoms with van der Waals surface area (Å²) in [6.45, 7) is 4.18. The second-order valence-electron chi connectivity index (χ2n) is 8.79. The van der Waals surface area contributed by atoms with Gasteiger partial charge in [0.1, 0.15) is 0 Å². The van der Waals surface area contributed by atoms with Crippen molar-refractivity contribution in [2.24, 2.45) is 0 Å². The van der Waals surface area contributed by atoms with Crippen molar-refractivity contribution in [3.8, 4) is 28.0 Å². The smallest absolute Gasteiger partial charge is 0.167 e. The second-order valence-corrected chi connectivity index (χ2v) is 8.79. The summed E-state index contributed by atoms with van der Waals surface area (Å²) in [6.07, 6.45) is 4.52. The Morgan fingerprint density at radius 1 is 0.730 bits per heavy atom. The van der Waals surface area contributed by atoms with E-state index in [2.05, 4.69) is 0 Å². The molecule has 0 fully saturated rings. The molecule has 2 nitrogen and oxygen atoms in total. The van der Waals surface area contributed by atoms with Crippen molar-refractivity contribution in [2.45, 2.75) is 32.8 Å². The Hall–Kier alpha value is -3.83. The maximum absolute atomic E-state index is 15.1. The Kier molecular flexibility index (Phi) is 8.47. The normalized spacial score (nSPS) is 12.2. The molecule has 0 amide bonds. The minimum atomic E-state index is -0.916. The highest BCUT2D eigenvalue weighted by atomic mass is 19.2. The Morgan fingerprint density at radius 3 is 1.81 bits per heavy atom. The third kappa shape index (κ3) is 6.12. The van der Waals surface area contributed by atoms with E-state index in [1.54, 1.807) is 85.8 Å². The molecule has 4 aromatic rings. The first-order valence-corrected chi connectivity index (χ1v) is 12.4. The molecule has 0 aromatic heterocycles. The molecule has 0 heterocycles. The summed E-state index contributed by atoms with van der Waals surface area (Å²) in [5.74, 6) is -2.04. The average molecular weight is 503 g/mol. The van der Waals surface area contributed by atoms with Crippen molar-refractivity contribution in [3.05, 3.63) is 113 Å². The zero-order chi connectivity index (χ0) is 26.4. The van der Waals surface area contributed by atoms with E-state index in [9.17, 15) is 9.50 Å². The van der Waals surface area contributed by atoms with Gasteiger partial charge in [0.05, 0.1) is 12.7 Å². The van der Waals surface area contributed by atoms with Crippen LogP contribution in [0.3, 0.4) is 0 Å². The van der Waals surface area contributed by atoms with E-state index >= 15 is 8.78 Å². The average Bonchev–Trinajstić information content (AvgIpc) is 2.91. The van der Waals surface area contributed by atoms with E-state index in [0.717, 1.165) is 17.5 Å². The fraction of sp³-hybridized carbons (Fsp3) is 0.188. The van der Waals surface area contributed by atoms with Gasteiger partial charge in [-0.2, -0.15) is 0 Å². The molecule has 37 heavy (non-hydrogen) atoms. The van der Waals surface area contributed by atoms with Gasteiger partial charge in [0.15, 0.2) is 23.2 Å². The summed E-state index contributed by atoms with van der Waals surface area (Å²) in [7, 11) is 0. The quantitative estimate of drug-likeness (QED) is 0.232. The third-order valence-electron chi connectivity index (χ3n) is 6.20. The standard InChI is InChI=1S/C32H29F3O2/c1-3-5-29(36)25-15-13-24(14-16-25)27-18-17-26(31(34)32(27)35)23-11-8-21(9-12-23)6-7-22-10-19-30(37-4-2)28(33)20-22/h6-20,29,36H,3-5H2,1-2H3/b7-6+. The molecule has 0 radical (unpaired) electrons. The number of aliphatic hydroxyl groups is 1. The molecule has 0 aliphatic rings. The highest BCUT2D eigenvalue weighted by Crippen LogP contribution is 2.32. The van der Waals surface area contributed by atoms with Gasteiger partial charge in [-0.15, -0.1) is 0 Å². The summed E-state index contributed by atoms with van der Waals surface area (Å²) >= 11 is 0. The highest BCUT2D eigenvalue weighted by molar-refractivity contribution is 5.74. The van der Waals surface area contributed by atoms with Crippen LogP contribution in [-0.2, 0) is 0 Å². The van der Waals surface area contributed by atoms with Crippen molar-refractivity contribution in [2.75, 3.05) is 6.61 Å². The van der Waals surface area contributed by atoms with E-state index in [0.29, 0.717) is 29.7 Å². The van der Waals surface area contributed by atoms with Gasteiger partial charge in [-0.1, -0.05) is 92.2 Å². The van der Waals surface area contributed by atoms with Crippen LogP contribution in [-0.4, -0.2) is 11.7 Å². The number of ether oxygens (including phenoxy) is 1. The Bertz CT molecular complexity index is 1380. The Labute approximate surface area is 215 Å². The van der Waals surface area contributed by atoms with Gasteiger partial charge in [0.25, 0.3) is 0 Å². The summed E-state index contributed by atoms with van der Waals surface area (Å²) < 4.78 is 49.4. The van der Waals surface area contributed by atoms with Crippen LogP contribution in [0.15, 0.2) is 78.9 Å². The third-order valence-corrected chi connectivity index (χ3v) is 6.20. The molecule has 1 unspecified atom stereocenters. The Balaban J connectivity index is 1.51. The van der Waals surface area contributed by atoms with E-state index in [4.69, 9.17) is 4.74 Å². The van der Waals surface area contributed by atoms with Crippen LogP contribution in [0.1, 0.15) is 49.5 Å². The molecule has 0 aliphatic heterocycles. The number of benzene rings is 4. The summed E-state index contributed by atoms with van der Waals surface area (Å²) in [5, 5.41) is 10.1. The number of rotatable bonds is 9. The molecule has 0 saturated carbocycles. The highest BCUT2D eigenvalue weighted by Gasteiger charge is 2.16. The second kappa shape index (κ2) is 11.9. The van der Waals surface area contributed by atoms with Gasteiger partial charge in [0, 0.05) is 11.1 Å². The molecule has 0 bridgehead atoms. The van der Waals surface area contributed by atoms with Gasteiger partial charge in [-0.05, 0) is 53.3 Å². The number of aliphatic hydroxyl groups excluding tert-OH is 1. The van der Waals surface area contributed by atoms with Crippen molar-refractivity contribution in [3.63, 3.8) is 0 Å². The predicted molar refractivity (Wildman–Crippen MR) is 144 cm³/mol. The van der Waals surface area contributed by atoms with Crippen molar-refractivity contribution < 1.29 is 23.0 Å². The monoisotopic (exact) mass is 502 g/mol. The molecule has 0 saturated heterocycles. The first-order valence-electron chi connectivity index (χ1n) is 12.4. The van der Waals surface area contributed by atoms with Crippen molar-refractivity contribution in [1.82, 2.24) is 0 Å². The lowest BCUT2D eigenvalue weighted by molar-refractivity contribution is 0.166. The minimum Gasteiger partial charge on any atom is -0.491 e. The van der Waals surface area contributed by atoms with E-state index in [1.807, 2.05) is 13.0 Å². The molecule has 5 heteroatoms. The van der Waals surface area contributed by atoms with Gasteiger partial charge in [-0.3, -0.25) is 0 Å². The van der Waals surface area contributed by atoms with Crippen LogP contribution in [0.2, 0.25) is 0 Å².